The Morgan fingerprint density at radius 2 is 1.42 bits per heavy atom. The van der Waals surface area contributed by atoms with E-state index in [0.717, 1.165) is 32.0 Å². The normalized spacial score (nSPS) is 17.1. The summed E-state index contributed by atoms with van der Waals surface area (Å²) in [4.78, 5) is 2.58. The highest BCUT2D eigenvalue weighted by atomic mass is 16.5. The van der Waals surface area contributed by atoms with Gasteiger partial charge in [-0.25, -0.2) is 0 Å². The zero-order valence-electron chi connectivity index (χ0n) is 18.4. The molecule has 1 heterocycles. The highest BCUT2D eigenvalue weighted by Crippen LogP contribution is 2.37. The molecular weight excluding hydrogens is 378 g/mol. The van der Waals surface area contributed by atoms with Crippen LogP contribution in [0.15, 0.2) is 78.9 Å². The monoisotopic (exact) mass is 411 g/mol. The second kappa shape index (κ2) is 9.70. The smallest absolute Gasteiger partial charge is 0.119 e. The number of ether oxygens (including phenoxy) is 1. The minimum Gasteiger partial charge on any atom is -0.492 e. The topological polar surface area (TPSA) is 12.5 Å². The lowest BCUT2D eigenvalue weighted by Gasteiger charge is -2.36. The van der Waals surface area contributed by atoms with Crippen molar-refractivity contribution in [3.8, 4) is 5.75 Å². The molecule has 1 fully saturated rings. The molecule has 1 aliphatic heterocycles. The molecule has 0 radical (unpaired) electrons. The Balaban J connectivity index is 1.16. The maximum Gasteiger partial charge on any atom is 0.119 e. The average Bonchev–Trinajstić information content (AvgIpc) is 3.30. The molecule has 5 rings (SSSR count). The number of hydrogen-bond acceptors (Lipinski definition) is 2. The summed E-state index contributed by atoms with van der Waals surface area (Å²) in [6, 6.07) is 28.8. The van der Waals surface area contributed by atoms with E-state index in [1.807, 2.05) is 0 Å². The molecule has 0 amide bonds. The molecule has 3 aromatic rings. The van der Waals surface area contributed by atoms with Crippen molar-refractivity contribution in [3.63, 3.8) is 0 Å². The highest BCUT2D eigenvalue weighted by Gasteiger charge is 2.28. The van der Waals surface area contributed by atoms with Crippen LogP contribution in [0.5, 0.6) is 5.75 Å². The quantitative estimate of drug-likeness (QED) is 0.466. The lowest BCUT2D eigenvalue weighted by molar-refractivity contribution is 0.149. The maximum absolute atomic E-state index is 6.11. The van der Waals surface area contributed by atoms with Crippen molar-refractivity contribution in [1.29, 1.82) is 0 Å². The Morgan fingerprint density at radius 3 is 2.10 bits per heavy atom. The van der Waals surface area contributed by atoms with Crippen molar-refractivity contribution < 1.29 is 4.74 Å². The van der Waals surface area contributed by atoms with E-state index in [2.05, 4.69) is 83.8 Å². The van der Waals surface area contributed by atoms with Gasteiger partial charge in [-0.05, 0) is 85.5 Å². The Morgan fingerprint density at radius 1 is 0.774 bits per heavy atom. The molecule has 1 saturated heterocycles. The number of hydrogen-bond donors (Lipinski definition) is 0. The van der Waals surface area contributed by atoms with Crippen molar-refractivity contribution in [2.75, 3.05) is 26.2 Å². The molecular formula is C29H33NO. The Labute approximate surface area is 186 Å². The van der Waals surface area contributed by atoms with Gasteiger partial charge in [-0.15, -0.1) is 0 Å². The molecule has 0 bridgehead atoms. The van der Waals surface area contributed by atoms with Gasteiger partial charge in [0.15, 0.2) is 0 Å². The maximum atomic E-state index is 6.11. The Kier molecular flexibility index (Phi) is 6.36. The highest BCUT2D eigenvalue weighted by molar-refractivity contribution is 5.38. The summed E-state index contributed by atoms with van der Waals surface area (Å²) in [5.41, 5.74) is 5.91. The summed E-state index contributed by atoms with van der Waals surface area (Å²) < 4.78 is 6.11. The van der Waals surface area contributed by atoms with Crippen molar-refractivity contribution in [3.05, 3.63) is 101 Å². The number of nitrogens with zero attached hydrogens (tertiary/aromatic N) is 1. The molecule has 31 heavy (non-hydrogen) atoms. The van der Waals surface area contributed by atoms with Crippen LogP contribution in [-0.4, -0.2) is 31.1 Å². The first-order valence-electron chi connectivity index (χ1n) is 11.9. The minimum absolute atomic E-state index is 0.493. The van der Waals surface area contributed by atoms with Crippen molar-refractivity contribution in [1.82, 2.24) is 4.90 Å². The summed E-state index contributed by atoms with van der Waals surface area (Å²) in [6.07, 6.45) is 6.23. The van der Waals surface area contributed by atoms with Crippen LogP contribution in [-0.2, 0) is 12.8 Å². The van der Waals surface area contributed by atoms with Crippen LogP contribution >= 0.6 is 0 Å². The fourth-order valence-corrected chi connectivity index (χ4v) is 5.50. The van der Waals surface area contributed by atoms with Crippen LogP contribution in [0.1, 0.15) is 47.4 Å². The van der Waals surface area contributed by atoms with Crippen LogP contribution in [0.4, 0.5) is 0 Å². The first kappa shape index (κ1) is 20.3. The number of fused-ring (bicyclic) bond motifs is 1. The summed E-state index contributed by atoms with van der Waals surface area (Å²) in [5, 5.41) is 0. The summed E-state index contributed by atoms with van der Waals surface area (Å²) in [5.74, 6) is 2.23. The van der Waals surface area contributed by atoms with Crippen molar-refractivity contribution >= 4 is 0 Å². The summed E-state index contributed by atoms with van der Waals surface area (Å²) >= 11 is 0. The van der Waals surface area contributed by atoms with Crippen LogP contribution in [0.3, 0.4) is 0 Å². The lowest BCUT2D eigenvalue weighted by atomic mass is 9.76. The van der Waals surface area contributed by atoms with E-state index in [1.165, 1.54) is 54.4 Å². The summed E-state index contributed by atoms with van der Waals surface area (Å²) in [7, 11) is 0. The SMILES string of the molecule is c1ccc(C(c2ccccc2)C2CCN(CCOc3ccc4c(c3)CCC4)CC2)cc1. The number of benzene rings is 3. The van der Waals surface area contributed by atoms with Gasteiger partial charge in [-0.3, -0.25) is 4.90 Å². The molecule has 0 saturated carbocycles. The van der Waals surface area contributed by atoms with Crippen LogP contribution in [0.25, 0.3) is 0 Å². The van der Waals surface area contributed by atoms with Crippen molar-refractivity contribution in [2.24, 2.45) is 5.92 Å². The van der Waals surface area contributed by atoms with Gasteiger partial charge in [-0.1, -0.05) is 66.7 Å². The zero-order valence-corrected chi connectivity index (χ0v) is 18.4. The molecule has 2 heteroatoms. The molecule has 0 unspecified atom stereocenters. The molecule has 0 atom stereocenters. The second-order valence-corrected chi connectivity index (χ2v) is 9.11. The fraction of sp³-hybridized carbons (Fsp3) is 0.379. The van der Waals surface area contributed by atoms with Gasteiger partial charge < -0.3 is 4.74 Å². The Hall–Kier alpha value is -2.58. The second-order valence-electron chi connectivity index (χ2n) is 9.11. The molecule has 3 aromatic carbocycles. The van der Waals surface area contributed by atoms with E-state index in [1.54, 1.807) is 0 Å². The van der Waals surface area contributed by atoms with E-state index in [-0.39, 0.29) is 0 Å². The van der Waals surface area contributed by atoms with Crippen LogP contribution in [0.2, 0.25) is 0 Å². The predicted molar refractivity (Wildman–Crippen MR) is 128 cm³/mol. The number of likely N-dealkylation sites (tertiary alicyclic amines) is 1. The van der Waals surface area contributed by atoms with Gasteiger partial charge in [0.25, 0.3) is 0 Å². The number of piperidine rings is 1. The van der Waals surface area contributed by atoms with Crippen LogP contribution < -0.4 is 4.74 Å². The van der Waals surface area contributed by atoms with Crippen molar-refractivity contribution in [2.45, 2.75) is 38.0 Å². The molecule has 0 aromatic heterocycles. The molecule has 160 valence electrons. The largest absolute Gasteiger partial charge is 0.492 e. The third-order valence-electron chi connectivity index (χ3n) is 7.17. The van der Waals surface area contributed by atoms with Gasteiger partial charge in [-0.2, -0.15) is 0 Å². The first-order chi connectivity index (χ1) is 15.4. The van der Waals surface area contributed by atoms with E-state index < -0.39 is 0 Å². The fourth-order valence-electron chi connectivity index (χ4n) is 5.50. The van der Waals surface area contributed by atoms with Crippen LogP contribution in [0, 0.1) is 5.92 Å². The third kappa shape index (κ3) is 4.85. The number of rotatable bonds is 7. The molecule has 0 N–H and O–H groups in total. The van der Waals surface area contributed by atoms with E-state index >= 15 is 0 Å². The van der Waals surface area contributed by atoms with Gasteiger partial charge in [0, 0.05) is 12.5 Å². The molecule has 1 aliphatic carbocycles. The van der Waals surface area contributed by atoms with E-state index in [4.69, 9.17) is 4.74 Å². The zero-order chi connectivity index (χ0) is 20.9. The predicted octanol–water partition coefficient (Wildman–Crippen LogP) is 6.10. The molecule has 2 nitrogen and oxygen atoms in total. The third-order valence-corrected chi connectivity index (χ3v) is 7.17. The first-order valence-corrected chi connectivity index (χ1v) is 11.9. The average molecular weight is 412 g/mol. The summed E-state index contributed by atoms with van der Waals surface area (Å²) in [6.45, 7) is 4.12. The minimum atomic E-state index is 0.493. The standard InChI is InChI=1S/C29H33NO/c1-3-8-24(9-4-1)29(25-10-5-2-6-11-25)26-16-18-30(19-17-26)20-21-31-28-15-14-23-12-7-13-27(23)22-28/h1-6,8-11,14-15,22,26,29H,7,12-13,16-21H2. The van der Waals surface area contributed by atoms with Gasteiger partial charge in [0.2, 0.25) is 0 Å². The molecule has 2 aliphatic rings. The van der Waals surface area contributed by atoms with E-state index in [0.29, 0.717) is 11.8 Å². The van der Waals surface area contributed by atoms with E-state index in [9.17, 15) is 0 Å². The lowest BCUT2D eigenvalue weighted by Crippen LogP contribution is -2.38. The van der Waals surface area contributed by atoms with Gasteiger partial charge >= 0.3 is 0 Å². The van der Waals surface area contributed by atoms with Gasteiger partial charge in [0.05, 0.1) is 0 Å². The number of aryl methyl sites for hydroxylation is 2. The Bertz CT molecular complexity index is 921. The van der Waals surface area contributed by atoms with Gasteiger partial charge in [0.1, 0.15) is 12.4 Å². The molecule has 0 spiro atoms.